The number of hydrogen-bond acceptors (Lipinski definition) is 2. The smallest absolute Gasteiger partial charge is 0.0713 e. The summed E-state index contributed by atoms with van der Waals surface area (Å²) in [5.41, 5.74) is 2.56. The van der Waals surface area contributed by atoms with Crippen molar-refractivity contribution in [1.29, 1.82) is 0 Å². The zero-order valence-corrected chi connectivity index (χ0v) is 12.7. The summed E-state index contributed by atoms with van der Waals surface area (Å²) in [7, 11) is 1.84. The zero-order chi connectivity index (χ0) is 14.7. The number of aromatic nitrogens is 1. The molecule has 2 aromatic rings. The first-order valence-corrected chi connectivity index (χ1v) is 7.78. The third kappa shape index (κ3) is 2.73. The summed E-state index contributed by atoms with van der Waals surface area (Å²) in [5.74, 6) is 0.617. The number of para-hydroxylation sites is 1. The molecule has 2 nitrogen and oxygen atoms in total. The lowest BCUT2D eigenvalue weighted by Crippen LogP contribution is -2.35. The Morgan fingerprint density at radius 2 is 2.05 bits per heavy atom. The molecule has 1 aromatic carbocycles. The van der Waals surface area contributed by atoms with Crippen LogP contribution in [0.15, 0.2) is 49.2 Å². The van der Waals surface area contributed by atoms with Crippen molar-refractivity contribution >= 4 is 10.9 Å². The monoisotopic (exact) mass is 281 g/mol. The maximum Gasteiger partial charge on any atom is 0.0713 e. The first-order chi connectivity index (χ1) is 10.3. The second-order valence-electron chi connectivity index (χ2n) is 6.07. The van der Waals surface area contributed by atoms with Crippen molar-refractivity contribution in [1.82, 2.24) is 4.98 Å². The van der Waals surface area contributed by atoms with Gasteiger partial charge in [0.1, 0.15) is 0 Å². The van der Waals surface area contributed by atoms with Crippen LogP contribution in [0, 0.1) is 0 Å². The van der Waals surface area contributed by atoms with Gasteiger partial charge in [0, 0.05) is 18.7 Å². The highest BCUT2D eigenvalue weighted by Gasteiger charge is 2.35. The van der Waals surface area contributed by atoms with Crippen LogP contribution in [0.5, 0.6) is 0 Å². The van der Waals surface area contributed by atoms with Crippen molar-refractivity contribution < 1.29 is 4.74 Å². The van der Waals surface area contributed by atoms with Crippen molar-refractivity contribution in [3.63, 3.8) is 0 Å². The Labute approximate surface area is 126 Å². The molecule has 0 bridgehead atoms. The average molecular weight is 281 g/mol. The van der Waals surface area contributed by atoms with Crippen molar-refractivity contribution in [2.45, 2.75) is 43.6 Å². The fourth-order valence-corrected chi connectivity index (χ4v) is 3.68. The van der Waals surface area contributed by atoms with E-state index in [4.69, 9.17) is 4.74 Å². The summed E-state index contributed by atoms with van der Waals surface area (Å²) in [4.78, 5) is 4.47. The molecular formula is C19H23NO. The minimum absolute atomic E-state index is 0.0150. The van der Waals surface area contributed by atoms with Gasteiger partial charge in [-0.1, -0.05) is 24.3 Å². The van der Waals surface area contributed by atoms with Crippen LogP contribution in [0.25, 0.3) is 10.9 Å². The van der Waals surface area contributed by atoms with E-state index >= 15 is 0 Å². The van der Waals surface area contributed by atoms with Crippen LogP contribution in [0.1, 0.15) is 43.6 Å². The molecule has 1 aliphatic rings. The van der Waals surface area contributed by atoms with Gasteiger partial charge in [-0.05, 0) is 55.7 Å². The molecule has 2 heteroatoms. The molecule has 0 spiro atoms. The summed E-state index contributed by atoms with van der Waals surface area (Å²) in [6.45, 7) is 3.88. The van der Waals surface area contributed by atoms with Gasteiger partial charge in [-0.25, -0.2) is 0 Å². The van der Waals surface area contributed by atoms with Gasteiger partial charge in [-0.15, -0.1) is 6.58 Å². The van der Waals surface area contributed by atoms with Crippen LogP contribution in [0.2, 0.25) is 0 Å². The number of rotatable bonds is 4. The number of nitrogens with zero attached hydrogens (tertiary/aromatic N) is 1. The molecule has 110 valence electrons. The van der Waals surface area contributed by atoms with Gasteiger partial charge in [-0.2, -0.15) is 0 Å². The fraction of sp³-hybridized carbons (Fsp3) is 0.421. The van der Waals surface area contributed by atoms with Crippen molar-refractivity contribution in [2.24, 2.45) is 0 Å². The van der Waals surface area contributed by atoms with E-state index < -0.39 is 0 Å². The first kappa shape index (κ1) is 14.3. The Bertz CT molecular complexity index is 621. The van der Waals surface area contributed by atoms with E-state index in [1.165, 1.54) is 23.8 Å². The van der Waals surface area contributed by atoms with Crippen LogP contribution >= 0.6 is 0 Å². The molecule has 0 radical (unpaired) electrons. The minimum Gasteiger partial charge on any atom is -0.378 e. The standard InChI is InChI=1S/C19H23NO/c1-3-11-19(21-2)12-8-15(9-13-19)16-10-14-20-18-7-5-4-6-17(16)18/h3-7,10,14-15H,1,8-9,11-13H2,2H3. The van der Waals surface area contributed by atoms with E-state index in [0.29, 0.717) is 5.92 Å². The Morgan fingerprint density at radius 3 is 2.76 bits per heavy atom. The van der Waals surface area contributed by atoms with Gasteiger partial charge < -0.3 is 4.74 Å². The highest BCUT2D eigenvalue weighted by atomic mass is 16.5. The van der Waals surface area contributed by atoms with Gasteiger partial charge in [-0.3, -0.25) is 4.98 Å². The molecule has 0 N–H and O–H groups in total. The molecule has 0 unspecified atom stereocenters. The molecule has 3 rings (SSSR count). The largest absolute Gasteiger partial charge is 0.378 e. The van der Waals surface area contributed by atoms with Gasteiger partial charge in [0.25, 0.3) is 0 Å². The number of benzene rings is 1. The molecule has 0 aliphatic heterocycles. The highest BCUT2D eigenvalue weighted by molar-refractivity contribution is 5.82. The highest BCUT2D eigenvalue weighted by Crippen LogP contribution is 2.42. The number of fused-ring (bicyclic) bond motifs is 1. The summed E-state index contributed by atoms with van der Waals surface area (Å²) in [5, 5.41) is 1.30. The summed E-state index contributed by atoms with van der Waals surface area (Å²) < 4.78 is 5.81. The minimum atomic E-state index is 0.0150. The molecule has 1 saturated carbocycles. The predicted molar refractivity (Wildman–Crippen MR) is 87.5 cm³/mol. The second-order valence-corrected chi connectivity index (χ2v) is 6.07. The molecule has 1 fully saturated rings. The van der Waals surface area contributed by atoms with Crippen LogP contribution in [0.4, 0.5) is 0 Å². The Balaban J connectivity index is 1.84. The first-order valence-electron chi connectivity index (χ1n) is 7.78. The SMILES string of the molecule is C=CCC1(OC)CCC(c2ccnc3ccccc23)CC1. The Hall–Kier alpha value is -1.67. The Kier molecular flexibility index (Phi) is 4.07. The van der Waals surface area contributed by atoms with Crippen molar-refractivity contribution in [2.75, 3.05) is 7.11 Å². The number of methoxy groups -OCH3 is 1. The average Bonchev–Trinajstić information content (AvgIpc) is 2.55. The third-order valence-corrected chi connectivity index (χ3v) is 4.97. The van der Waals surface area contributed by atoms with E-state index in [1.54, 1.807) is 0 Å². The van der Waals surface area contributed by atoms with Crippen LogP contribution in [-0.2, 0) is 4.74 Å². The Morgan fingerprint density at radius 1 is 1.29 bits per heavy atom. The number of pyridine rings is 1. The normalized spacial score (nSPS) is 25.9. The van der Waals surface area contributed by atoms with Crippen molar-refractivity contribution in [3.8, 4) is 0 Å². The lowest BCUT2D eigenvalue weighted by Gasteiger charge is -2.39. The molecule has 0 saturated heterocycles. The molecule has 1 aromatic heterocycles. The van der Waals surface area contributed by atoms with E-state index in [2.05, 4.69) is 41.9 Å². The molecular weight excluding hydrogens is 258 g/mol. The number of ether oxygens (including phenoxy) is 1. The van der Waals surface area contributed by atoms with E-state index in [-0.39, 0.29) is 5.60 Å². The lowest BCUT2D eigenvalue weighted by atomic mass is 9.74. The summed E-state index contributed by atoms with van der Waals surface area (Å²) in [6, 6.07) is 10.6. The van der Waals surface area contributed by atoms with E-state index in [9.17, 15) is 0 Å². The molecule has 1 aliphatic carbocycles. The molecule has 21 heavy (non-hydrogen) atoms. The zero-order valence-electron chi connectivity index (χ0n) is 12.7. The van der Waals surface area contributed by atoms with E-state index in [1.807, 2.05) is 19.4 Å². The van der Waals surface area contributed by atoms with Gasteiger partial charge in [0.05, 0.1) is 11.1 Å². The quantitative estimate of drug-likeness (QED) is 0.747. The van der Waals surface area contributed by atoms with Crippen LogP contribution in [0.3, 0.4) is 0 Å². The molecule has 0 amide bonds. The lowest BCUT2D eigenvalue weighted by molar-refractivity contribution is -0.0401. The summed E-state index contributed by atoms with van der Waals surface area (Å²) >= 11 is 0. The topological polar surface area (TPSA) is 22.1 Å². The maximum atomic E-state index is 5.81. The summed E-state index contributed by atoms with van der Waals surface area (Å²) in [6.07, 6.45) is 9.46. The van der Waals surface area contributed by atoms with Crippen LogP contribution < -0.4 is 0 Å². The van der Waals surface area contributed by atoms with Gasteiger partial charge in [0.15, 0.2) is 0 Å². The van der Waals surface area contributed by atoms with Gasteiger partial charge >= 0.3 is 0 Å². The van der Waals surface area contributed by atoms with Gasteiger partial charge in [0.2, 0.25) is 0 Å². The third-order valence-electron chi connectivity index (χ3n) is 4.97. The van der Waals surface area contributed by atoms with E-state index in [0.717, 1.165) is 24.8 Å². The number of hydrogen-bond donors (Lipinski definition) is 0. The second kappa shape index (κ2) is 5.98. The molecule has 1 heterocycles. The fourth-order valence-electron chi connectivity index (χ4n) is 3.68. The maximum absolute atomic E-state index is 5.81. The predicted octanol–water partition coefficient (Wildman–Crippen LogP) is 4.85. The van der Waals surface area contributed by atoms with Crippen LogP contribution in [-0.4, -0.2) is 17.7 Å². The molecule has 0 atom stereocenters. The van der Waals surface area contributed by atoms with Crippen molar-refractivity contribution in [3.05, 3.63) is 54.7 Å².